The smallest absolute Gasteiger partial charge is 0.317 e. The molecule has 1 fully saturated rings. The Morgan fingerprint density at radius 3 is 2.24 bits per heavy atom. The molecule has 2 heterocycles. The minimum Gasteiger partial charge on any atom is -0.351 e. The first kappa shape index (κ1) is 15.4. The van der Waals surface area contributed by atoms with Crippen LogP contribution in [0.3, 0.4) is 0 Å². The van der Waals surface area contributed by atoms with Crippen molar-refractivity contribution in [1.82, 2.24) is 19.7 Å². The maximum absolute atomic E-state index is 12.3. The van der Waals surface area contributed by atoms with Crippen molar-refractivity contribution in [2.45, 2.75) is 26.3 Å². The molecule has 1 atom stereocenters. The van der Waals surface area contributed by atoms with Gasteiger partial charge in [0.15, 0.2) is 0 Å². The number of aromatic nitrogens is 1. The van der Waals surface area contributed by atoms with E-state index in [2.05, 4.69) is 5.32 Å². The van der Waals surface area contributed by atoms with Crippen molar-refractivity contribution in [2.24, 2.45) is 0 Å². The van der Waals surface area contributed by atoms with Crippen LogP contribution in [0.4, 0.5) is 4.79 Å². The number of carbonyl (C=O) groups is 2. The summed E-state index contributed by atoms with van der Waals surface area (Å²) in [6, 6.07) is 4.05. The zero-order chi connectivity index (χ0) is 15.2. The highest BCUT2D eigenvalue weighted by molar-refractivity contribution is 5.78. The van der Waals surface area contributed by atoms with E-state index in [0.29, 0.717) is 39.1 Å². The molecule has 116 valence electrons. The molecule has 0 aliphatic carbocycles. The molecule has 0 spiro atoms. The van der Waals surface area contributed by atoms with E-state index in [-0.39, 0.29) is 18.0 Å². The summed E-state index contributed by atoms with van der Waals surface area (Å²) in [5.41, 5.74) is 0. The van der Waals surface area contributed by atoms with E-state index in [4.69, 9.17) is 0 Å². The van der Waals surface area contributed by atoms with Gasteiger partial charge >= 0.3 is 6.03 Å². The molecule has 1 saturated heterocycles. The lowest BCUT2D eigenvalue weighted by atomic mass is 10.2. The monoisotopic (exact) mass is 292 g/mol. The van der Waals surface area contributed by atoms with Crippen LogP contribution in [0.1, 0.15) is 26.3 Å². The van der Waals surface area contributed by atoms with Gasteiger partial charge in [-0.05, 0) is 26.0 Å². The second-order valence-corrected chi connectivity index (χ2v) is 5.39. The van der Waals surface area contributed by atoms with Crippen LogP contribution in [0.15, 0.2) is 24.5 Å². The van der Waals surface area contributed by atoms with E-state index in [1.54, 1.807) is 4.90 Å². The van der Waals surface area contributed by atoms with Crippen molar-refractivity contribution < 1.29 is 9.59 Å². The van der Waals surface area contributed by atoms with Gasteiger partial charge in [-0.1, -0.05) is 0 Å². The number of urea groups is 1. The van der Waals surface area contributed by atoms with Gasteiger partial charge in [0.25, 0.3) is 0 Å². The van der Waals surface area contributed by atoms with Crippen molar-refractivity contribution in [3.05, 3.63) is 24.5 Å². The molecule has 0 radical (unpaired) electrons. The first-order chi connectivity index (χ1) is 10.1. The summed E-state index contributed by atoms with van der Waals surface area (Å²) in [5, 5.41) is 2.79. The lowest BCUT2D eigenvalue weighted by molar-refractivity contribution is -0.133. The summed E-state index contributed by atoms with van der Waals surface area (Å²) >= 11 is 0. The van der Waals surface area contributed by atoms with Gasteiger partial charge in [0.1, 0.15) is 0 Å². The largest absolute Gasteiger partial charge is 0.351 e. The number of amides is 3. The number of carbonyl (C=O) groups excluding carboxylic acids is 2. The number of piperazine rings is 1. The summed E-state index contributed by atoms with van der Waals surface area (Å²) in [4.78, 5) is 27.6. The third kappa shape index (κ3) is 4.00. The molecule has 0 saturated carbocycles. The molecule has 1 aliphatic rings. The van der Waals surface area contributed by atoms with Gasteiger partial charge in [-0.25, -0.2) is 4.79 Å². The van der Waals surface area contributed by atoms with Crippen molar-refractivity contribution in [2.75, 3.05) is 32.7 Å². The molecule has 1 aromatic heterocycles. The second kappa shape index (κ2) is 7.15. The van der Waals surface area contributed by atoms with Crippen LogP contribution in [0.5, 0.6) is 0 Å². The number of rotatable bonds is 4. The lowest BCUT2D eigenvalue weighted by Crippen LogP contribution is -2.53. The molecule has 1 aliphatic heterocycles. The zero-order valence-electron chi connectivity index (χ0n) is 12.8. The molecular formula is C15H24N4O2. The summed E-state index contributed by atoms with van der Waals surface area (Å²) in [6.07, 6.45) is 4.45. The topological polar surface area (TPSA) is 57.6 Å². The Hall–Kier alpha value is -1.98. The van der Waals surface area contributed by atoms with E-state index in [0.717, 1.165) is 0 Å². The first-order valence-corrected chi connectivity index (χ1v) is 7.54. The van der Waals surface area contributed by atoms with Gasteiger partial charge in [0, 0.05) is 57.6 Å². The average Bonchev–Trinajstić information content (AvgIpc) is 3.02. The summed E-state index contributed by atoms with van der Waals surface area (Å²) in [6.45, 7) is 7.03. The highest BCUT2D eigenvalue weighted by atomic mass is 16.2. The molecule has 0 bridgehead atoms. The predicted octanol–water partition coefficient (Wildman–Crippen LogP) is 1.31. The minimum absolute atomic E-state index is 0.0368. The first-order valence-electron chi connectivity index (χ1n) is 7.54. The molecule has 1 unspecified atom stereocenters. The highest BCUT2D eigenvalue weighted by Crippen LogP contribution is 2.14. The standard InChI is InChI=1S/C15H24N4O2/c1-3-16-15(21)19-10-8-18(9-11-19)14(20)12-13(2)17-6-4-5-7-17/h4-7,13H,3,8-12H2,1-2H3,(H,16,21). The zero-order valence-corrected chi connectivity index (χ0v) is 12.8. The molecule has 6 nitrogen and oxygen atoms in total. The van der Waals surface area contributed by atoms with Crippen LogP contribution >= 0.6 is 0 Å². The van der Waals surface area contributed by atoms with Gasteiger partial charge in [-0.15, -0.1) is 0 Å². The molecule has 21 heavy (non-hydrogen) atoms. The van der Waals surface area contributed by atoms with Crippen molar-refractivity contribution in [1.29, 1.82) is 0 Å². The van der Waals surface area contributed by atoms with Crippen LogP contribution < -0.4 is 5.32 Å². The molecular weight excluding hydrogens is 268 g/mol. The fraction of sp³-hybridized carbons (Fsp3) is 0.600. The highest BCUT2D eigenvalue weighted by Gasteiger charge is 2.24. The second-order valence-electron chi connectivity index (χ2n) is 5.39. The molecule has 6 heteroatoms. The lowest BCUT2D eigenvalue weighted by Gasteiger charge is -2.35. The molecule has 1 N–H and O–H groups in total. The maximum atomic E-state index is 12.3. The van der Waals surface area contributed by atoms with E-state index in [9.17, 15) is 9.59 Å². The van der Waals surface area contributed by atoms with Gasteiger partial charge in [0.2, 0.25) is 5.91 Å². The van der Waals surface area contributed by atoms with Crippen LogP contribution in [-0.4, -0.2) is 59.0 Å². The van der Waals surface area contributed by atoms with E-state index in [1.807, 2.05) is 47.8 Å². The molecule has 3 amide bonds. The van der Waals surface area contributed by atoms with Crippen LogP contribution in [0, 0.1) is 0 Å². The Bertz CT molecular complexity index is 464. The van der Waals surface area contributed by atoms with Gasteiger partial charge < -0.3 is 19.7 Å². The van der Waals surface area contributed by atoms with Crippen LogP contribution in [0.25, 0.3) is 0 Å². The van der Waals surface area contributed by atoms with E-state index >= 15 is 0 Å². The van der Waals surface area contributed by atoms with Gasteiger partial charge in [-0.2, -0.15) is 0 Å². The Morgan fingerprint density at radius 1 is 1.10 bits per heavy atom. The fourth-order valence-corrected chi connectivity index (χ4v) is 2.55. The summed E-state index contributed by atoms with van der Waals surface area (Å²) in [5.74, 6) is 0.159. The molecule has 0 aromatic carbocycles. The average molecular weight is 292 g/mol. The number of hydrogen-bond donors (Lipinski definition) is 1. The normalized spacial score (nSPS) is 16.7. The van der Waals surface area contributed by atoms with Crippen LogP contribution in [-0.2, 0) is 4.79 Å². The van der Waals surface area contributed by atoms with Gasteiger partial charge in [0.05, 0.1) is 0 Å². The third-order valence-electron chi connectivity index (χ3n) is 3.85. The predicted molar refractivity (Wildman–Crippen MR) is 81.0 cm³/mol. The van der Waals surface area contributed by atoms with Crippen molar-refractivity contribution in [3.8, 4) is 0 Å². The molecule has 2 rings (SSSR count). The Morgan fingerprint density at radius 2 is 1.67 bits per heavy atom. The Labute approximate surface area is 125 Å². The van der Waals surface area contributed by atoms with Crippen LogP contribution in [0.2, 0.25) is 0 Å². The summed E-state index contributed by atoms with van der Waals surface area (Å²) < 4.78 is 2.04. The summed E-state index contributed by atoms with van der Waals surface area (Å²) in [7, 11) is 0. The molecule has 1 aromatic rings. The van der Waals surface area contributed by atoms with E-state index in [1.165, 1.54) is 0 Å². The quantitative estimate of drug-likeness (QED) is 0.910. The van der Waals surface area contributed by atoms with Crippen molar-refractivity contribution in [3.63, 3.8) is 0 Å². The maximum Gasteiger partial charge on any atom is 0.317 e. The number of nitrogens with one attached hydrogen (secondary N) is 1. The number of hydrogen-bond acceptors (Lipinski definition) is 2. The van der Waals surface area contributed by atoms with Gasteiger partial charge in [-0.3, -0.25) is 4.79 Å². The Balaban J connectivity index is 1.79. The Kier molecular flexibility index (Phi) is 5.25. The fourth-order valence-electron chi connectivity index (χ4n) is 2.55. The third-order valence-corrected chi connectivity index (χ3v) is 3.85. The van der Waals surface area contributed by atoms with Crippen molar-refractivity contribution >= 4 is 11.9 Å². The SMILES string of the molecule is CCNC(=O)N1CCN(C(=O)CC(C)n2cccc2)CC1. The minimum atomic E-state index is -0.0368. The number of nitrogens with zero attached hydrogens (tertiary/aromatic N) is 3. The van der Waals surface area contributed by atoms with E-state index < -0.39 is 0 Å².